The molecule has 0 aromatic heterocycles. The lowest BCUT2D eigenvalue weighted by Crippen LogP contribution is -2.63. The Morgan fingerprint density at radius 1 is 1.26 bits per heavy atom. The second-order valence-electron chi connectivity index (χ2n) is 7.45. The van der Waals surface area contributed by atoms with E-state index in [1.807, 2.05) is 4.90 Å². The van der Waals surface area contributed by atoms with E-state index in [1.165, 1.54) is 6.07 Å². The van der Waals surface area contributed by atoms with E-state index in [9.17, 15) is 18.8 Å². The largest absolute Gasteiger partial charge is 0.387 e. The van der Waals surface area contributed by atoms with Crippen LogP contribution >= 0.6 is 0 Å². The first kappa shape index (κ1) is 17.4. The number of amides is 3. The van der Waals surface area contributed by atoms with Crippen LogP contribution in [0.1, 0.15) is 24.8 Å². The molecule has 3 amide bonds. The molecule has 3 N–H and O–H groups in total. The van der Waals surface area contributed by atoms with Crippen molar-refractivity contribution in [2.75, 3.05) is 36.9 Å². The standard InChI is InChI=1S/C18H20FN5O3/c1-21-13-5-14(23-8-18(9-23)6-10(25)7-18)12(19)4-11(13)16(20)24-3-2-15(26)22-17(24)27/h4-5,20-21H,2-3,6-9H2,1H3,(H,22,26,27). The molecule has 2 aliphatic heterocycles. The summed E-state index contributed by atoms with van der Waals surface area (Å²) in [4.78, 5) is 37.5. The number of nitrogens with one attached hydrogen (secondary N) is 3. The Kier molecular flexibility index (Phi) is 3.90. The number of imide groups is 1. The van der Waals surface area contributed by atoms with E-state index in [0.29, 0.717) is 37.3 Å². The molecule has 0 radical (unpaired) electrons. The van der Waals surface area contributed by atoms with Gasteiger partial charge in [0.15, 0.2) is 0 Å². The van der Waals surface area contributed by atoms with Crippen molar-refractivity contribution in [2.45, 2.75) is 19.3 Å². The van der Waals surface area contributed by atoms with E-state index in [4.69, 9.17) is 5.41 Å². The van der Waals surface area contributed by atoms with E-state index in [1.54, 1.807) is 13.1 Å². The van der Waals surface area contributed by atoms with E-state index < -0.39 is 11.8 Å². The molecule has 1 aromatic rings. The third-order valence-electron chi connectivity index (χ3n) is 5.47. The van der Waals surface area contributed by atoms with E-state index >= 15 is 0 Å². The van der Waals surface area contributed by atoms with Gasteiger partial charge in [-0.3, -0.25) is 25.2 Å². The van der Waals surface area contributed by atoms with Crippen molar-refractivity contribution in [2.24, 2.45) is 5.41 Å². The van der Waals surface area contributed by atoms with Crippen molar-refractivity contribution in [3.05, 3.63) is 23.5 Å². The lowest BCUT2D eigenvalue weighted by atomic mass is 9.62. The second-order valence-corrected chi connectivity index (χ2v) is 7.45. The molecule has 3 aliphatic rings. The predicted molar refractivity (Wildman–Crippen MR) is 96.5 cm³/mol. The molecule has 4 rings (SSSR count). The lowest BCUT2D eigenvalue weighted by Gasteiger charge is -2.55. The second kappa shape index (κ2) is 6.04. The SMILES string of the molecule is CNc1cc(N2CC3(CC(=O)C3)C2)c(F)cc1C(=N)N1CCC(=O)NC1=O. The number of nitrogens with zero attached hydrogens (tertiary/aromatic N) is 2. The van der Waals surface area contributed by atoms with E-state index in [-0.39, 0.29) is 41.5 Å². The van der Waals surface area contributed by atoms with Gasteiger partial charge >= 0.3 is 6.03 Å². The Hall–Kier alpha value is -2.97. The molecule has 2 saturated heterocycles. The first-order valence-corrected chi connectivity index (χ1v) is 8.80. The van der Waals surface area contributed by atoms with Gasteiger partial charge in [0.1, 0.15) is 17.4 Å². The number of hydrogen-bond acceptors (Lipinski definition) is 6. The third-order valence-corrected chi connectivity index (χ3v) is 5.47. The van der Waals surface area contributed by atoms with Crippen molar-refractivity contribution >= 4 is 34.9 Å². The fraction of sp³-hybridized carbons (Fsp3) is 0.444. The lowest BCUT2D eigenvalue weighted by molar-refractivity contribution is -0.134. The van der Waals surface area contributed by atoms with Crippen LogP contribution in [0.15, 0.2) is 12.1 Å². The molecule has 9 heteroatoms. The van der Waals surface area contributed by atoms with Gasteiger partial charge < -0.3 is 10.2 Å². The molecule has 2 heterocycles. The number of carbonyl (C=O) groups excluding carboxylic acids is 3. The molecule has 142 valence electrons. The molecule has 0 unspecified atom stereocenters. The zero-order valence-electron chi connectivity index (χ0n) is 14.9. The first-order chi connectivity index (χ1) is 12.8. The molecular weight excluding hydrogens is 353 g/mol. The van der Waals surface area contributed by atoms with Crippen molar-refractivity contribution in [1.82, 2.24) is 10.2 Å². The molecule has 3 fully saturated rings. The highest BCUT2D eigenvalue weighted by Crippen LogP contribution is 2.48. The van der Waals surface area contributed by atoms with Gasteiger partial charge in [-0.25, -0.2) is 9.18 Å². The monoisotopic (exact) mass is 373 g/mol. The highest BCUT2D eigenvalue weighted by atomic mass is 19.1. The summed E-state index contributed by atoms with van der Waals surface area (Å²) in [5.74, 6) is -0.782. The number of hydrogen-bond donors (Lipinski definition) is 3. The summed E-state index contributed by atoms with van der Waals surface area (Å²) in [5, 5.41) is 13.4. The summed E-state index contributed by atoms with van der Waals surface area (Å²) in [6.07, 6.45) is 1.23. The fourth-order valence-electron chi connectivity index (χ4n) is 4.07. The highest BCUT2D eigenvalue weighted by Gasteiger charge is 2.52. The Bertz CT molecular complexity index is 868. The van der Waals surface area contributed by atoms with Gasteiger partial charge in [-0.05, 0) is 12.1 Å². The summed E-state index contributed by atoms with van der Waals surface area (Å²) in [6.45, 7) is 1.37. The van der Waals surface area contributed by atoms with Crippen LogP contribution in [0.4, 0.5) is 20.6 Å². The molecule has 27 heavy (non-hydrogen) atoms. The van der Waals surface area contributed by atoms with Gasteiger partial charge in [-0.15, -0.1) is 0 Å². The number of halogens is 1. The minimum Gasteiger partial charge on any atom is -0.387 e. The van der Waals surface area contributed by atoms with Crippen LogP contribution in [0.3, 0.4) is 0 Å². The molecule has 1 aliphatic carbocycles. The van der Waals surface area contributed by atoms with Crippen LogP contribution in [0, 0.1) is 16.6 Å². The number of carbonyl (C=O) groups is 3. The Balaban J connectivity index is 1.57. The van der Waals surface area contributed by atoms with Gasteiger partial charge in [0.2, 0.25) is 5.91 Å². The molecule has 0 bridgehead atoms. The maximum atomic E-state index is 14.8. The first-order valence-electron chi connectivity index (χ1n) is 8.80. The van der Waals surface area contributed by atoms with Gasteiger partial charge in [-0.2, -0.15) is 0 Å². The minimum atomic E-state index is -0.679. The van der Waals surface area contributed by atoms with Crippen molar-refractivity contribution < 1.29 is 18.8 Å². The Labute approximate surface area is 155 Å². The summed E-state index contributed by atoms with van der Waals surface area (Å²) >= 11 is 0. The Morgan fingerprint density at radius 3 is 2.56 bits per heavy atom. The quantitative estimate of drug-likeness (QED) is 0.547. The molecule has 1 saturated carbocycles. The van der Waals surface area contributed by atoms with Crippen LogP contribution in [-0.4, -0.2) is 55.1 Å². The zero-order chi connectivity index (χ0) is 19.3. The normalized spacial score (nSPS) is 20.9. The van der Waals surface area contributed by atoms with Crippen LogP contribution in [-0.2, 0) is 9.59 Å². The number of ketones is 1. The smallest absolute Gasteiger partial charge is 0.329 e. The van der Waals surface area contributed by atoms with Gasteiger partial charge in [0.25, 0.3) is 0 Å². The van der Waals surface area contributed by atoms with Crippen LogP contribution in [0.2, 0.25) is 0 Å². The number of Topliss-reactive ketones (excluding diaryl/α,β-unsaturated/α-hetero) is 1. The fourth-order valence-corrected chi connectivity index (χ4v) is 4.07. The number of urea groups is 1. The average molecular weight is 373 g/mol. The topological polar surface area (TPSA) is 106 Å². The van der Waals surface area contributed by atoms with Gasteiger partial charge in [-0.1, -0.05) is 0 Å². The number of anilines is 2. The molecular formula is C18H20FN5O3. The maximum absolute atomic E-state index is 14.8. The molecule has 1 aromatic carbocycles. The average Bonchev–Trinajstić information content (AvgIpc) is 2.56. The molecule has 0 atom stereocenters. The number of benzene rings is 1. The zero-order valence-corrected chi connectivity index (χ0v) is 14.9. The third kappa shape index (κ3) is 2.83. The van der Waals surface area contributed by atoms with E-state index in [2.05, 4.69) is 10.6 Å². The van der Waals surface area contributed by atoms with Gasteiger partial charge in [0.05, 0.1) is 5.69 Å². The summed E-state index contributed by atoms with van der Waals surface area (Å²) < 4.78 is 14.8. The number of amidine groups is 1. The Morgan fingerprint density at radius 2 is 1.96 bits per heavy atom. The van der Waals surface area contributed by atoms with Crippen molar-refractivity contribution in [3.63, 3.8) is 0 Å². The van der Waals surface area contributed by atoms with Gasteiger partial charge in [0, 0.05) is 62.6 Å². The highest BCUT2D eigenvalue weighted by molar-refractivity contribution is 6.13. The molecule has 1 spiro atoms. The van der Waals surface area contributed by atoms with Crippen LogP contribution in [0.25, 0.3) is 0 Å². The van der Waals surface area contributed by atoms with Crippen LogP contribution < -0.4 is 15.5 Å². The van der Waals surface area contributed by atoms with Crippen LogP contribution in [0.5, 0.6) is 0 Å². The number of rotatable bonds is 3. The maximum Gasteiger partial charge on any atom is 0.329 e. The molecule has 8 nitrogen and oxygen atoms in total. The van der Waals surface area contributed by atoms with Crippen molar-refractivity contribution in [1.29, 1.82) is 5.41 Å². The minimum absolute atomic E-state index is 0.00708. The van der Waals surface area contributed by atoms with E-state index in [0.717, 1.165) is 4.90 Å². The summed E-state index contributed by atoms with van der Waals surface area (Å²) in [5.41, 5.74) is 1.19. The predicted octanol–water partition coefficient (Wildman–Crippen LogP) is 1.30. The summed E-state index contributed by atoms with van der Waals surface area (Å²) in [7, 11) is 1.66. The van der Waals surface area contributed by atoms with Crippen molar-refractivity contribution in [3.8, 4) is 0 Å². The summed E-state index contributed by atoms with van der Waals surface area (Å²) in [6, 6.07) is 2.19.